The van der Waals surface area contributed by atoms with Gasteiger partial charge in [-0.2, -0.15) is 26.3 Å². The number of nitrogens with zero attached hydrogens (tertiary/aromatic N) is 2. The Labute approximate surface area is 210 Å². The van der Waals surface area contributed by atoms with Gasteiger partial charge >= 0.3 is 29.1 Å². The van der Waals surface area contributed by atoms with E-state index in [0.29, 0.717) is 24.3 Å². The molecule has 1 radical (unpaired) electrons. The Morgan fingerprint density at radius 3 is 1.31 bits per heavy atom. The minimum atomic E-state index is -4.59. The van der Waals surface area contributed by atoms with E-state index in [0.717, 1.165) is 38.4 Å². The minimum absolute atomic E-state index is 0. The number of carbonyl (C=O) groups excluding carboxylic acids is 2. The van der Waals surface area contributed by atoms with E-state index in [1.165, 1.54) is 0 Å². The molecule has 0 aliphatic rings. The molecule has 0 amide bonds. The van der Waals surface area contributed by atoms with Crippen LogP contribution in [0.2, 0.25) is 0 Å². The van der Waals surface area contributed by atoms with Gasteiger partial charge in [0.25, 0.3) is 0 Å². The maximum absolute atomic E-state index is 12.6. The first kappa shape index (κ1) is 34.6. The van der Waals surface area contributed by atoms with Crippen LogP contribution in [0.1, 0.15) is 36.1 Å². The first-order valence-corrected chi connectivity index (χ1v) is 9.10. The molecule has 0 atom stereocenters. The summed E-state index contributed by atoms with van der Waals surface area (Å²) in [5, 5.41) is 36.9. The number of aromatic hydroxyl groups is 2. The van der Waals surface area contributed by atoms with Crippen molar-refractivity contribution in [1.82, 2.24) is 0 Å². The summed E-state index contributed by atoms with van der Waals surface area (Å²) in [4.78, 5) is 25.2. The zero-order chi connectivity index (χ0) is 27.4. The topological polar surface area (TPSA) is 145 Å². The first-order valence-electron chi connectivity index (χ1n) is 9.10. The molecule has 0 saturated heterocycles. The van der Waals surface area contributed by atoms with Crippen LogP contribution in [-0.4, -0.2) is 41.2 Å². The maximum Gasteiger partial charge on any atom is 2.00 e. The number of benzene rings is 2. The van der Waals surface area contributed by atoms with Crippen LogP contribution in [-0.2, 0) is 38.7 Å². The van der Waals surface area contributed by atoms with Crippen LogP contribution >= 0.6 is 0 Å². The van der Waals surface area contributed by atoms with Gasteiger partial charge in [0.05, 0.1) is 11.1 Å². The van der Waals surface area contributed by atoms with E-state index >= 15 is 0 Å². The zero-order valence-corrected chi connectivity index (χ0v) is 19.4. The molecule has 36 heavy (non-hydrogen) atoms. The molecule has 0 aromatic heterocycles. The number of aliphatic imine (C=N–C) groups is 2. The zero-order valence-electron chi connectivity index (χ0n) is 18.3. The third-order valence-electron chi connectivity index (χ3n) is 3.33. The summed E-state index contributed by atoms with van der Waals surface area (Å²) in [5.74, 6) is -3.02. The Morgan fingerprint density at radius 2 is 1.06 bits per heavy atom. The molecule has 15 heteroatoms. The second kappa shape index (κ2) is 15.4. The average Bonchev–Trinajstić information content (AvgIpc) is 2.67. The van der Waals surface area contributed by atoms with Crippen molar-refractivity contribution in [3.05, 3.63) is 58.7 Å². The van der Waals surface area contributed by atoms with Gasteiger partial charge < -0.3 is 30.0 Å². The van der Waals surface area contributed by atoms with Gasteiger partial charge in [-0.05, 0) is 50.2 Å². The molecule has 0 aliphatic heterocycles. The van der Waals surface area contributed by atoms with Crippen molar-refractivity contribution in [1.29, 1.82) is 0 Å². The Kier molecular flexibility index (Phi) is 14.8. The van der Waals surface area contributed by atoms with E-state index in [-0.39, 0.29) is 34.6 Å². The van der Waals surface area contributed by atoms with Crippen molar-refractivity contribution in [2.45, 2.75) is 26.2 Å². The van der Waals surface area contributed by atoms with Gasteiger partial charge in [0, 0.05) is 35.5 Å². The summed E-state index contributed by atoms with van der Waals surface area (Å²) in [6.07, 6.45) is -7.27. The minimum Gasteiger partial charge on any atom is -0.550 e. The number of carboxylic acid groups (broad SMARTS) is 2. The van der Waals surface area contributed by atoms with Crippen LogP contribution in [0.5, 0.6) is 11.5 Å². The molecule has 2 rings (SSSR count). The van der Waals surface area contributed by atoms with E-state index in [2.05, 4.69) is 9.98 Å². The Balaban J connectivity index is 0. The van der Waals surface area contributed by atoms with Crippen molar-refractivity contribution in [3.63, 3.8) is 0 Å². The summed E-state index contributed by atoms with van der Waals surface area (Å²) in [5.41, 5.74) is -2.33. The third-order valence-corrected chi connectivity index (χ3v) is 3.33. The molecule has 0 unspecified atom stereocenters. The van der Waals surface area contributed by atoms with Crippen LogP contribution in [0.3, 0.4) is 0 Å². The first-order chi connectivity index (χ1) is 15.9. The van der Waals surface area contributed by atoms with Gasteiger partial charge in [0.15, 0.2) is 0 Å². The number of hydrogen-bond donors (Lipinski definition) is 2. The Bertz CT molecular complexity index is 980. The van der Waals surface area contributed by atoms with Gasteiger partial charge in [0.1, 0.15) is 18.2 Å². The van der Waals surface area contributed by atoms with Crippen molar-refractivity contribution in [3.8, 4) is 11.5 Å². The van der Waals surface area contributed by atoms with Crippen LogP contribution in [0.25, 0.3) is 0 Å². The third kappa shape index (κ3) is 14.6. The molecular formula is C21H18CoF6N2O6. The molecular weight excluding hydrogens is 549 g/mol. The summed E-state index contributed by atoms with van der Waals surface area (Å²) in [6.45, 7) is 1.60. The summed E-state index contributed by atoms with van der Waals surface area (Å²) < 4.78 is 75.8. The number of carbonyl (C=O) groups is 2. The van der Waals surface area contributed by atoms with Crippen LogP contribution in [0.4, 0.5) is 26.3 Å². The van der Waals surface area contributed by atoms with Gasteiger partial charge in [-0.3, -0.25) is 9.98 Å². The molecule has 0 bridgehead atoms. The molecule has 0 spiro atoms. The fourth-order valence-corrected chi connectivity index (χ4v) is 1.99. The number of alkyl halides is 6. The van der Waals surface area contributed by atoms with E-state index < -0.39 is 46.9 Å². The van der Waals surface area contributed by atoms with Crippen molar-refractivity contribution in [2.24, 2.45) is 9.98 Å². The molecule has 199 valence electrons. The van der Waals surface area contributed by atoms with E-state index in [9.17, 15) is 36.6 Å². The van der Waals surface area contributed by atoms with Gasteiger partial charge in [-0.15, -0.1) is 0 Å². The predicted molar refractivity (Wildman–Crippen MR) is 108 cm³/mol. The standard InChI is InChI=1S/C17H12F6N2O2.2C2H4O2.Co/c18-16(19,20)12-1-3-14(26)10(5-12)7-24-9-25-8-11-6-13(17(21,22)23)2-4-15(11)27;2*1-2(3)4;/h1-8,26-27H,9H2;2*1H3,(H,3,4);/q;;;+2/p-2. The van der Waals surface area contributed by atoms with Gasteiger partial charge in [-0.1, -0.05) is 0 Å². The second-order valence-electron chi connectivity index (χ2n) is 6.29. The number of halogens is 6. The van der Waals surface area contributed by atoms with E-state index in [1.807, 2.05) is 0 Å². The Hall–Kier alpha value is -3.59. The van der Waals surface area contributed by atoms with Crippen LogP contribution in [0, 0.1) is 0 Å². The predicted octanol–water partition coefficient (Wildman–Crippen LogP) is 2.14. The molecule has 0 saturated carbocycles. The largest absolute Gasteiger partial charge is 2.00 e. The number of carboxylic acids is 2. The summed E-state index contributed by atoms with van der Waals surface area (Å²) in [6, 6.07) is 4.55. The van der Waals surface area contributed by atoms with Crippen molar-refractivity contribution < 1.29 is 73.1 Å². The second-order valence-corrected chi connectivity index (χ2v) is 6.29. The molecule has 2 aromatic rings. The molecule has 0 fully saturated rings. The number of phenolic OH excluding ortho intramolecular Hbond substituents is 2. The van der Waals surface area contributed by atoms with E-state index in [1.54, 1.807) is 0 Å². The molecule has 0 aliphatic carbocycles. The van der Waals surface area contributed by atoms with Gasteiger partial charge in [0.2, 0.25) is 0 Å². The smallest absolute Gasteiger partial charge is 0.550 e. The Morgan fingerprint density at radius 1 is 0.778 bits per heavy atom. The molecule has 2 N–H and O–H groups in total. The number of phenols is 2. The van der Waals surface area contributed by atoms with Crippen LogP contribution < -0.4 is 10.2 Å². The quantitative estimate of drug-likeness (QED) is 0.428. The van der Waals surface area contributed by atoms with E-state index in [4.69, 9.17) is 19.8 Å². The van der Waals surface area contributed by atoms with Crippen molar-refractivity contribution in [2.75, 3.05) is 6.67 Å². The SMILES string of the molecule is CC(=O)[O-].CC(=O)[O-].Oc1ccc(C(F)(F)F)cc1C=NCN=Cc1cc(C(F)(F)F)ccc1O.[Co+2]. The van der Waals surface area contributed by atoms with Crippen LogP contribution in [0.15, 0.2) is 46.4 Å². The normalized spacial score (nSPS) is 11.1. The summed E-state index contributed by atoms with van der Waals surface area (Å²) in [7, 11) is 0. The number of aliphatic carboxylic acids is 2. The fraction of sp³-hybridized carbons (Fsp3) is 0.238. The number of rotatable bonds is 4. The number of hydrogen-bond acceptors (Lipinski definition) is 8. The van der Waals surface area contributed by atoms with Gasteiger partial charge in [-0.25, -0.2) is 0 Å². The molecule has 0 heterocycles. The monoisotopic (exact) mass is 567 g/mol. The molecule has 2 aromatic carbocycles. The summed E-state index contributed by atoms with van der Waals surface area (Å²) >= 11 is 0. The molecule has 8 nitrogen and oxygen atoms in total. The average molecular weight is 567 g/mol. The van der Waals surface area contributed by atoms with Crippen molar-refractivity contribution >= 4 is 24.4 Å². The maximum atomic E-state index is 12.6. The fourth-order valence-electron chi connectivity index (χ4n) is 1.99.